The number of fused-ring (bicyclic) bond motifs is 2. The predicted octanol–water partition coefficient (Wildman–Crippen LogP) is 10.7. The van der Waals surface area contributed by atoms with Crippen LogP contribution in [0.2, 0.25) is 0 Å². The van der Waals surface area contributed by atoms with Crippen LogP contribution in [0.3, 0.4) is 0 Å². The summed E-state index contributed by atoms with van der Waals surface area (Å²) in [6, 6.07) is 31.8. The first kappa shape index (κ1) is 15.3. The molecule has 7 rings (SSSR count). The van der Waals surface area contributed by atoms with Gasteiger partial charge in [-0.1, -0.05) is 139 Å². The van der Waals surface area contributed by atoms with Gasteiger partial charge in [-0.3, -0.25) is 0 Å². The molecule has 0 heteroatoms. The second-order valence-corrected chi connectivity index (χ2v) is 9.15. The molecule has 0 amide bonds. The molecule has 7 aromatic rings. The lowest BCUT2D eigenvalue weighted by Crippen LogP contribution is -1.92. The number of rotatable bonds is 4. The summed E-state index contributed by atoms with van der Waals surface area (Å²) in [5.74, 6) is 0. The van der Waals surface area contributed by atoms with Crippen molar-refractivity contribution in [3.05, 3.63) is 158 Å². The van der Waals surface area contributed by atoms with Crippen LogP contribution in [0.15, 0.2) is 158 Å². The smallest absolute Gasteiger partial charge is 0.0622 e. The summed E-state index contributed by atoms with van der Waals surface area (Å²) >= 11 is 0. The number of benzene rings is 7. The molecule has 0 aliphatic carbocycles. The fourth-order valence-corrected chi connectivity index (χ4v) is 5.17. The van der Waals surface area contributed by atoms with Gasteiger partial charge in [-0.2, -0.15) is 0 Å². The lowest BCUT2D eigenvalue weighted by atomic mass is 9.84. The van der Waals surface area contributed by atoms with Gasteiger partial charge in [0.15, 0.2) is 0 Å². The highest BCUT2D eigenvalue weighted by Gasteiger charge is 2.17. The Kier molecular flexibility index (Phi) is 3.84. The summed E-state index contributed by atoms with van der Waals surface area (Å²) in [6.07, 6.45) is 0. The van der Waals surface area contributed by atoms with E-state index in [1.54, 1.807) is 24.3 Å². The normalized spacial score (nSPS) is 14.1. The van der Waals surface area contributed by atoms with Crippen LogP contribution in [0.4, 0.5) is 0 Å². The average molecular weight is 491 g/mol. The standard InChI is InChI=1S/C38H26/c1-4-14-27(15-5-1)30-24-31(28-16-6-2-7-17-28)26-32(25-30)38-35-22-12-10-20-33(35)37(29-18-8-3-9-19-29)34-21-11-13-23-36(34)38/h1-26H/i10D,11D,12D,13D,20D,21D,22D,23D. The van der Waals surface area contributed by atoms with E-state index in [0.717, 1.165) is 22.3 Å². The zero-order valence-corrected chi connectivity index (χ0v) is 20.4. The molecule has 0 saturated carbocycles. The van der Waals surface area contributed by atoms with E-state index < -0.39 is 24.2 Å². The molecule has 0 saturated heterocycles. The molecule has 0 aromatic heterocycles. The maximum absolute atomic E-state index is 9.22. The van der Waals surface area contributed by atoms with Gasteiger partial charge in [0.05, 0.1) is 11.0 Å². The summed E-state index contributed by atoms with van der Waals surface area (Å²) in [5.41, 5.74) is 5.40. The van der Waals surface area contributed by atoms with Crippen LogP contribution in [-0.4, -0.2) is 0 Å². The van der Waals surface area contributed by atoms with Gasteiger partial charge in [0, 0.05) is 0 Å². The van der Waals surface area contributed by atoms with Crippen LogP contribution in [0, 0.1) is 0 Å². The van der Waals surface area contributed by atoms with Crippen LogP contribution in [0.1, 0.15) is 11.0 Å². The third kappa shape index (κ3) is 3.88. The molecule has 0 fully saturated rings. The van der Waals surface area contributed by atoms with Crippen LogP contribution in [0.25, 0.3) is 66.1 Å². The van der Waals surface area contributed by atoms with Gasteiger partial charge in [0.25, 0.3) is 0 Å². The van der Waals surface area contributed by atoms with Gasteiger partial charge in [-0.05, 0) is 84.3 Å². The Balaban J connectivity index is 1.78. The first-order chi connectivity index (χ1) is 22.2. The highest BCUT2D eigenvalue weighted by molar-refractivity contribution is 6.21. The Morgan fingerprint density at radius 1 is 0.316 bits per heavy atom. The first-order valence-corrected chi connectivity index (χ1v) is 12.5. The molecule has 7 aromatic carbocycles. The van der Waals surface area contributed by atoms with Crippen LogP contribution < -0.4 is 0 Å². The van der Waals surface area contributed by atoms with E-state index in [4.69, 9.17) is 8.22 Å². The van der Waals surface area contributed by atoms with Crippen molar-refractivity contribution in [2.24, 2.45) is 0 Å². The largest absolute Gasteiger partial charge is 0.0629 e. The fourth-order valence-electron chi connectivity index (χ4n) is 5.17. The van der Waals surface area contributed by atoms with Crippen molar-refractivity contribution < 1.29 is 11.0 Å². The third-order valence-corrected chi connectivity index (χ3v) is 6.87. The van der Waals surface area contributed by atoms with Crippen molar-refractivity contribution >= 4 is 21.5 Å². The zero-order chi connectivity index (χ0) is 32.3. The lowest BCUT2D eigenvalue weighted by Gasteiger charge is -2.19. The molecule has 0 nitrogen and oxygen atoms in total. The Hall–Kier alpha value is -4.94. The molecule has 0 heterocycles. The van der Waals surface area contributed by atoms with Crippen molar-refractivity contribution in [3.63, 3.8) is 0 Å². The third-order valence-electron chi connectivity index (χ3n) is 6.87. The van der Waals surface area contributed by atoms with Gasteiger partial charge in [0.2, 0.25) is 0 Å². The molecule has 0 spiro atoms. The highest BCUT2D eigenvalue weighted by atomic mass is 14.2. The Morgan fingerprint density at radius 2 is 0.632 bits per heavy atom. The molecule has 178 valence electrons. The quantitative estimate of drug-likeness (QED) is 0.215. The summed E-state index contributed by atoms with van der Waals surface area (Å²) in [5, 5.41) is 0.811. The topological polar surface area (TPSA) is 0 Å². The van der Waals surface area contributed by atoms with E-state index in [1.807, 2.05) is 78.9 Å². The Bertz CT molecular complexity index is 2180. The SMILES string of the molecule is [2H]c1c([2H])c([2H])c2c(-c3cc(-c4ccccc4)cc(-c4ccccc4)c3)c3c([2H])c([2H])c([2H])c([2H])c3c(-c3ccccc3)c2c1[2H]. The molecule has 38 heavy (non-hydrogen) atoms. The van der Waals surface area contributed by atoms with Crippen LogP contribution in [-0.2, 0) is 0 Å². The molecule has 0 unspecified atom stereocenters. The second kappa shape index (κ2) is 9.50. The van der Waals surface area contributed by atoms with E-state index in [2.05, 4.69) is 6.07 Å². The minimum absolute atomic E-state index is 0.201. The molecule has 0 aliphatic heterocycles. The van der Waals surface area contributed by atoms with Crippen molar-refractivity contribution in [2.45, 2.75) is 0 Å². The molecule has 0 atom stereocenters. The lowest BCUT2D eigenvalue weighted by molar-refractivity contribution is 1.58. The maximum atomic E-state index is 9.22. The number of hydrogen-bond donors (Lipinski definition) is 0. The van der Waals surface area contributed by atoms with Crippen molar-refractivity contribution in [1.29, 1.82) is 0 Å². The average Bonchev–Trinajstić information content (AvgIpc) is 3.11. The minimum atomic E-state index is -0.416. The van der Waals surface area contributed by atoms with Crippen LogP contribution in [0.5, 0.6) is 0 Å². The molecule has 0 aliphatic rings. The Labute approximate surface area is 234 Å². The summed E-state index contributed by atoms with van der Waals surface area (Å²) in [4.78, 5) is 0. The van der Waals surface area contributed by atoms with E-state index in [1.165, 1.54) is 0 Å². The number of hydrogen-bond acceptors (Lipinski definition) is 0. The second-order valence-electron chi connectivity index (χ2n) is 9.15. The van der Waals surface area contributed by atoms with Crippen molar-refractivity contribution in [3.8, 4) is 44.5 Å². The minimum Gasteiger partial charge on any atom is -0.0622 e. The summed E-state index contributed by atoms with van der Waals surface area (Å²) in [7, 11) is 0. The van der Waals surface area contributed by atoms with Gasteiger partial charge >= 0.3 is 0 Å². The van der Waals surface area contributed by atoms with E-state index in [0.29, 0.717) is 22.3 Å². The predicted molar refractivity (Wildman–Crippen MR) is 163 cm³/mol. The highest BCUT2D eigenvalue weighted by Crippen LogP contribution is 2.45. The van der Waals surface area contributed by atoms with Gasteiger partial charge in [-0.25, -0.2) is 0 Å². The zero-order valence-electron chi connectivity index (χ0n) is 28.4. The van der Waals surface area contributed by atoms with E-state index >= 15 is 0 Å². The van der Waals surface area contributed by atoms with Gasteiger partial charge < -0.3 is 0 Å². The summed E-state index contributed by atoms with van der Waals surface area (Å²) < 4.78 is 71.4. The van der Waals surface area contributed by atoms with Crippen molar-refractivity contribution in [2.75, 3.05) is 0 Å². The molecule has 0 bridgehead atoms. The maximum Gasteiger partial charge on any atom is 0.0629 e. The van der Waals surface area contributed by atoms with E-state index in [9.17, 15) is 2.74 Å². The molecular weight excluding hydrogens is 456 g/mol. The first-order valence-electron chi connectivity index (χ1n) is 16.5. The van der Waals surface area contributed by atoms with Gasteiger partial charge in [-0.15, -0.1) is 0 Å². The summed E-state index contributed by atoms with van der Waals surface area (Å²) in [6.45, 7) is 0. The molecule has 0 radical (unpaired) electrons. The van der Waals surface area contributed by atoms with E-state index in [-0.39, 0.29) is 45.7 Å². The van der Waals surface area contributed by atoms with Crippen molar-refractivity contribution in [1.82, 2.24) is 0 Å². The molecule has 0 N–H and O–H groups in total. The van der Waals surface area contributed by atoms with Gasteiger partial charge in [0.1, 0.15) is 0 Å². The molecular formula is C38H26. The van der Waals surface area contributed by atoms with Crippen LogP contribution >= 0.6 is 0 Å². The monoisotopic (exact) mass is 490 g/mol. The Morgan fingerprint density at radius 3 is 1.03 bits per heavy atom. The fraction of sp³-hybridized carbons (Fsp3) is 0.